The molecule has 1 aliphatic rings. The van der Waals surface area contributed by atoms with Gasteiger partial charge in [0.15, 0.2) is 0 Å². The molecule has 1 heterocycles. The summed E-state index contributed by atoms with van der Waals surface area (Å²) in [6, 6.07) is 6.79. The number of anilines is 1. The molecular formula is C16H26FN3. The van der Waals surface area contributed by atoms with Crippen molar-refractivity contribution in [3.05, 3.63) is 30.1 Å². The fourth-order valence-electron chi connectivity index (χ4n) is 2.64. The molecule has 4 heteroatoms. The van der Waals surface area contributed by atoms with Gasteiger partial charge in [0.05, 0.1) is 0 Å². The molecule has 1 aromatic carbocycles. The van der Waals surface area contributed by atoms with Crippen LogP contribution in [0.5, 0.6) is 0 Å². The van der Waals surface area contributed by atoms with Crippen LogP contribution in [-0.4, -0.2) is 43.2 Å². The van der Waals surface area contributed by atoms with Crippen LogP contribution < -0.4 is 10.6 Å². The first-order valence-electron chi connectivity index (χ1n) is 7.46. The van der Waals surface area contributed by atoms with Crippen LogP contribution in [-0.2, 0) is 0 Å². The summed E-state index contributed by atoms with van der Waals surface area (Å²) in [6.45, 7) is 9.46. The third-order valence-electron chi connectivity index (χ3n) is 3.86. The molecule has 0 spiro atoms. The van der Waals surface area contributed by atoms with Gasteiger partial charge in [-0.25, -0.2) is 4.39 Å². The zero-order valence-corrected chi connectivity index (χ0v) is 12.6. The Morgan fingerprint density at radius 2 is 1.70 bits per heavy atom. The zero-order valence-electron chi connectivity index (χ0n) is 12.6. The van der Waals surface area contributed by atoms with Crippen molar-refractivity contribution in [3.63, 3.8) is 0 Å². The molecule has 1 aromatic rings. The Labute approximate surface area is 121 Å². The highest BCUT2D eigenvalue weighted by molar-refractivity contribution is 5.46. The zero-order chi connectivity index (χ0) is 14.6. The molecule has 2 N–H and O–H groups in total. The van der Waals surface area contributed by atoms with E-state index in [9.17, 15) is 4.39 Å². The molecule has 112 valence electrons. The summed E-state index contributed by atoms with van der Waals surface area (Å²) in [7, 11) is 0. The Morgan fingerprint density at radius 1 is 1.10 bits per heavy atom. The van der Waals surface area contributed by atoms with Crippen LogP contribution in [0.4, 0.5) is 10.1 Å². The lowest BCUT2D eigenvalue weighted by molar-refractivity contribution is 0.245. The molecule has 0 atom stereocenters. The quantitative estimate of drug-likeness (QED) is 0.898. The maximum absolute atomic E-state index is 12.9. The third kappa shape index (κ3) is 4.76. The van der Waals surface area contributed by atoms with Crippen LogP contribution in [0, 0.1) is 5.82 Å². The van der Waals surface area contributed by atoms with Crippen molar-refractivity contribution in [1.29, 1.82) is 0 Å². The van der Waals surface area contributed by atoms with Crippen molar-refractivity contribution in [3.8, 4) is 0 Å². The monoisotopic (exact) mass is 279 g/mol. The second-order valence-electron chi connectivity index (χ2n) is 6.40. The van der Waals surface area contributed by atoms with Crippen molar-refractivity contribution in [2.75, 3.05) is 37.6 Å². The number of halogens is 1. The standard InChI is InChI=1S/C16H26FN3/c1-16(2,18)8-3-9-19-10-12-20(13-11-19)15-6-4-14(17)5-7-15/h4-7H,3,8-13,18H2,1-2H3. The molecule has 3 nitrogen and oxygen atoms in total. The third-order valence-corrected chi connectivity index (χ3v) is 3.86. The number of hydrogen-bond donors (Lipinski definition) is 1. The number of nitrogens with zero attached hydrogens (tertiary/aromatic N) is 2. The number of nitrogens with two attached hydrogens (primary N) is 1. The van der Waals surface area contributed by atoms with Gasteiger partial charge in [0.25, 0.3) is 0 Å². The average molecular weight is 279 g/mol. The van der Waals surface area contributed by atoms with Gasteiger partial charge < -0.3 is 10.6 Å². The Balaban J connectivity index is 1.74. The lowest BCUT2D eigenvalue weighted by atomic mass is 10.00. The van der Waals surface area contributed by atoms with E-state index >= 15 is 0 Å². The lowest BCUT2D eigenvalue weighted by Crippen LogP contribution is -2.47. The van der Waals surface area contributed by atoms with Crippen molar-refractivity contribution >= 4 is 5.69 Å². The molecule has 0 amide bonds. The highest BCUT2D eigenvalue weighted by Crippen LogP contribution is 2.17. The van der Waals surface area contributed by atoms with Crippen molar-refractivity contribution in [1.82, 2.24) is 4.90 Å². The van der Waals surface area contributed by atoms with Gasteiger partial charge >= 0.3 is 0 Å². The van der Waals surface area contributed by atoms with Gasteiger partial charge in [-0.3, -0.25) is 4.90 Å². The van der Waals surface area contributed by atoms with Gasteiger partial charge in [0, 0.05) is 37.4 Å². The molecule has 2 rings (SSSR count). The second-order valence-corrected chi connectivity index (χ2v) is 6.40. The van der Waals surface area contributed by atoms with E-state index in [2.05, 4.69) is 23.6 Å². The van der Waals surface area contributed by atoms with E-state index in [-0.39, 0.29) is 11.4 Å². The first-order valence-corrected chi connectivity index (χ1v) is 7.46. The maximum atomic E-state index is 12.9. The Hall–Kier alpha value is -1.13. The van der Waals surface area contributed by atoms with Crippen LogP contribution in [0.2, 0.25) is 0 Å². The number of piperazine rings is 1. The number of rotatable bonds is 5. The van der Waals surface area contributed by atoms with Crippen LogP contribution in [0.1, 0.15) is 26.7 Å². The summed E-state index contributed by atoms with van der Waals surface area (Å²) in [4.78, 5) is 4.81. The molecular weight excluding hydrogens is 253 g/mol. The molecule has 0 aliphatic carbocycles. The fourth-order valence-corrected chi connectivity index (χ4v) is 2.64. The van der Waals surface area contributed by atoms with E-state index in [1.165, 1.54) is 12.1 Å². The van der Waals surface area contributed by atoms with Crippen LogP contribution in [0.15, 0.2) is 24.3 Å². The topological polar surface area (TPSA) is 32.5 Å². The first kappa shape index (κ1) is 15.3. The molecule has 1 fully saturated rings. The van der Waals surface area contributed by atoms with E-state index < -0.39 is 0 Å². The predicted molar refractivity (Wildman–Crippen MR) is 82.6 cm³/mol. The highest BCUT2D eigenvalue weighted by atomic mass is 19.1. The summed E-state index contributed by atoms with van der Waals surface area (Å²) >= 11 is 0. The van der Waals surface area contributed by atoms with E-state index in [4.69, 9.17) is 5.73 Å². The van der Waals surface area contributed by atoms with Gasteiger partial charge in [-0.15, -0.1) is 0 Å². The summed E-state index contributed by atoms with van der Waals surface area (Å²) in [5.41, 5.74) is 7.06. The average Bonchev–Trinajstić information content (AvgIpc) is 2.39. The van der Waals surface area contributed by atoms with Crippen LogP contribution in [0.3, 0.4) is 0 Å². The van der Waals surface area contributed by atoms with E-state index in [1.54, 1.807) is 0 Å². The van der Waals surface area contributed by atoms with Crippen molar-refractivity contribution < 1.29 is 4.39 Å². The molecule has 0 unspecified atom stereocenters. The minimum Gasteiger partial charge on any atom is -0.369 e. The summed E-state index contributed by atoms with van der Waals surface area (Å²) in [5, 5.41) is 0. The fraction of sp³-hybridized carbons (Fsp3) is 0.625. The highest BCUT2D eigenvalue weighted by Gasteiger charge is 2.18. The van der Waals surface area contributed by atoms with Crippen LogP contribution in [0.25, 0.3) is 0 Å². The maximum Gasteiger partial charge on any atom is 0.123 e. The molecule has 1 saturated heterocycles. The van der Waals surface area contributed by atoms with Gasteiger partial charge in [0.1, 0.15) is 5.82 Å². The van der Waals surface area contributed by atoms with Crippen molar-refractivity contribution in [2.24, 2.45) is 5.73 Å². The Morgan fingerprint density at radius 3 is 2.25 bits per heavy atom. The van der Waals surface area contributed by atoms with E-state index in [0.29, 0.717) is 0 Å². The summed E-state index contributed by atoms with van der Waals surface area (Å²) in [5.74, 6) is -0.170. The molecule has 20 heavy (non-hydrogen) atoms. The van der Waals surface area contributed by atoms with E-state index in [0.717, 1.165) is 51.3 Å². The SMILES string of the molecule is CC(C)(N)CCCN1CCN(c2ccc(F)cc2)CC1. The predicted octanol–water partition coefficient (Wildman–Crippen LogP) is 2.47. The van der Waals surface area contributed by atoms with Crippen LogP contribution >= 0.6 is 0 Å². The smallest absolute Gasteiger partial charge is 0.123 e. The molecule has 0 radical (unpaired) electrons. The minimum atomic E-state index is -0.170. The number of hydrogen-bond acceptors (Lipinski definition) is 3. The van der Waals surface area contributed by atoms with Gasteiger partial charge in [-0.1, -0.05) is 0 Å². The van der Waals surface area contributed by atoms with Crippen molar-refractivity contribution in [2.45, 2.75) is 32.2 Å². The lowest BCUT2D eigenvalue weighted by Gasteiger charge is -2.36. The molecule has 0 aromatic heterocycles. The van der Waals surface area contributed by atoms with E-state index in [1.807, 2.05) is 12.1 Å². The van der Waals surface area contributed by atoms with Gasteiger partial charge in [-0.2, -0.15) is 0 Å². The summed E-state index contributed by atoms with van der Waals surface area (Å²) in [6.07, 6.45) is 2.21. The van der Waals surface area contributed by atoms with Gasteiger partial charge in [-0.05, 0) is 57.5 Å². The second kappa shape index (κ2) is 6.55. The Kier molecular flexibility index (Phi) is 5.00. The largest absolute Gasteiger partial charge is 0.369 e. The first-order chi connectivity index (χ1) is 9.44. The summed E-state index contributed by atoms with van der Waals surface area (Å²) < 4.78 is 12.9. The minimum absolute atomic E-state index is 0.0596. The molecule has 0 bridgehead atoms. The molecule has 1 aliphatic heterocycles. The molecule has 0 saturated carbocycles. The van der Waals surface area contributed by atoms with Gasteiger partial charge in [0.2, 0.25) is 0 Å². The normalized spacial score (nSPS) is 17.5. The Bertz CT molecular complexity index is 403. The number of benzene rings is 1.